The molecule has 0 saturated heterocycles. The van der Waals surface area contributed by atoms with Gasteiger partial charge in [0.05, 0.1) is 12.2 Å². The van der Waals surface area contributed by atoms with Gasteiger partial charge in [-0.2, -0.15) is 5.10 Å². The number of hydrogen-bond acceptors (Lipinski definition) is 4. The van der Waals surface area contributed by atoms with E-state index >= 15 is 0 Å². The van der Waals surface area contributed by atoms with Crippen molar-refractivity contribution in [1.29, 1.82) is 0 Å². The summed E-state index contributed by atoms with van der Waals surface area (Å²) in [5, 5.41) is 7.74. The number of aromatic nitrogens is 4. The first-order valence-electron chi connectivity index (χ1n) is 6.76. The van der Waals surface area contributed by atoms with Gasteiger partial charge < -0.3 is 5.32 Å². The highest BCUT2D eigenvalue weighted by atomic mass is 15.3. The second-order valence-electron chi connectivity index (χ2n) is 4.64. The van der Waals surface area contributed by atoms with Gasteiger partial charge in [-0.1, -0.05) is 6.92 Å². The van der Waals surface area contributed by atoms with Gasteiger partial charge in [-0.05, 0) is 37.9 Å². The zero-order chi connectivity index (χ0) is 13.7. The number of aryl methyl sites for hydroxylation is 2. The van der Waals surface area contributed by atoms with E-state index in [1.807, 2.05) is 30.2 Å². The summed E-state index contributed by atoms with van der Waals surface area (Å²) < 4.78 is 1.94. The molecule has 0 fully saturated rings. The van der Waals surface area contributed by atoms with Crippen LogP contribution in [0.2, 0.25) is 0 Å². The van der Waals surface area contributed by atoms with Gasteiger partial charge in [0.2, 0.25) is 0 Å². The molecule has 0 amide bonds. The van der Waals surface area contributed by atoms with E-state index in [0.29, 0.717) is 0 Å². The quantitative estimate of drug-likeness (QED) is 0.860. The molecular weight excluding hydrogens is 238 g/mol. The Morgan fingerprint density at radius 3 is 2.53 bits per heavy atom. The SMILES string of the molecule is CCNC(Cc1cnn(CC)c1)c1ncc(C)cn1. The smallest absolute Gasteiger partial charge is 0.145 e. The molecule has 2 heterocycles. The van der Waals surface area contributed by atoms with Crippen LogP contribution in [-0.4, -0.2) is 26.3 Å². The van der Waals surface area contributed by atoms with Crippen LogP contribution in [0.1, 0.15) is 36.8 Å². The molecule has 0 aromatic carbocycles. The lowest BCUT2D eigenvalue weighted by Crippen LogP contribution is -2.24. The first-order valence-corrected chi connectivity index (χ1v) is 6.76. The number of nitrogens with one attached hydrogen (secondary N) is 1. The third-order valence-electron chi connectivity index (χ3n) is 3.01. The highest BCUT2D eigenvalue weighted by Crippen LogP contribution is 2.14. The van der Waals surface area contributed by atoms with Gasteiger partial charge in [0, 0.05) is 25.1 Å². The van der Waals surface area contributed by atoms with E-state index in [1.165, 1.54) is 5.56 Å². The molecule has 0 saturated carbocycles. The first kappa shape index (κ1) is 13.7. The molecular formula is C14H21N5. The van der Waals surface area contributed by atoms with Gasteiger partial charge in [-0.3, -0.25) is 4.68 Å². The molecule has 1 unspecified atom stereocenters. The Hall–Kier alpha value is -1.75. The maximum atomic E-state index is 4.42. The monoisotopic (exact) mass is 259 g/mol. The van der Waals surface area contributed by atoms with Crippen LogP contribution in [0, 0.1) is 6.92 Å². The fourth-order valence-corrected chi connectivity index (χ4v) is 2.00. The average molecular weight is 259 g/mol. The summed E-state index contributed by atoms with van der Waals surface area (Å²) in [6.07, 6.45) is 8.59. The molecule has 19 heavy (non-hydrogen) atoms. The van der Waals surface area contributed by atoms with Gasteiger partial charge in [0.25, 0.3) is 0 Å². The van der Waals surface area contributed by atoms with Crippen LogP contribution < -0.4 is 5.32 Å². The van der Waals surface area contributed by atoms with Crippen molar-refractivity contribution in [3.8, 4) is 0 Å². The van der Waals surface area contributed by atoms with Crippen molar-refractivity contribution in [3.05, 3.63) is 41.7 Å². The fraction of sp³-hybridized carbons (Fsp3) is 0.500. The largest absolute Gasteiger partial charge is 0.307 e. The minimum atomic E-state index is 0.139. The van der Waals surface area contributed by atoms with Crippen LogP contribution in [-0.2, 0) is 13.0 Å². The van der Waals surface area contributed by atoms with E-state index in [2.05, 4.69) is 40.4 Å². The lowest BCUT2D eigenvalue weighted by molar-refractivity contribution is 0.520. The summed E-state index contributed by atoms with van der Waals surface area (Å²) >= 11 is 0. The molecule has 2 aromatic rings. The predicted octanol–water partition coefficient (Wildman–Crippen LogP) is 1.89. The highest BCUT2D eigenvalue weighted by molar-refractivity contribution is 5.11. The topological polar surface area (TPSA) is 55.6 Å². The third kappa shape index (κ3) is 3.61. The fourth-order valence-electron chi connectivity index (χ4n) is 2.00. The average Bonchev–Trinajstić information content (AvgIpc) is 2.87. The lowest BCUT2D eigenvalue weighted by atomic mass is 10.1. The summed E-state index contributed by atoms with van der Waals surface area (Å²) in [6.45, 7) is 7.96. The van der Waals surface area contributed by atoms with Gasteiger partial charge >= 0.3 is 0 Å². The van der Waals surface area contributed by atoms with Gasteiger partial charge in [0.1, 0.15) is 5.82 Å². The molecule has 5 nitrogen and oxygen atoms in total. The molecule has 0 radical (unpaired) electrons. The van der Waals surface area contributed by atoms with Crippen molar-refractivity contribution in [1.82, 2.24) is 25.1 Å². The Labute approximate surface area is 114 Å². The summed E-state index contributed by atoms with van der Waals surface area (Å²) in [6, 6.07) is 0.139. The Kier molecular flexibility index (Phi) is 4.63. The summed E-state index contributed by atoms with van der Waals surface area (Å²) in [5.74, 6) is 0.844. The van der Waals surface area contributed by atoms with E-state index in [9.17, 15) is 0 Å². The number of rotatable bonds is 6. The number of likely N-dealkylation sites (N-methyl/N-ethyl adjacent to an activating group) is 1. The van der Waals surface area contributed by atoms with Crippen molar-refractivity contribution in [2.45, 2.75) is 39.8 Å². The third-order valence-corrected chi connectivity index (χ3v) is 3.01. The normalized spacial score (nSPS) is 12.6. The molecule has 0 aliphatic heterocycles. The van der Waals surface area contributed by atoms with Gasteiger partial charge in [0.15, 0.2) is 0 Å². The molecule has 0 aliphatic carbocycles. The molecule has 2 aromatic heterocycles. The molecule has 1 N–H and O–H groups in total. The van der Waals surface area contributed by atoms with E-state index in [1.54, 1.807) is 0 Å². The summed E-state index contributed by atoms with van der Waals surface area (Å²) in [4.78, 5) is 8.84. The second-order valence-corrected chi connectivity index (χ2v) is 4.64. The molecule has 5 heteroatoms. The number of hydrogen-bond donors (Lipinski definition) is 1. The summed E-state index contributed by atoms with van der Waals surface area (Å²) in [5.41, 5.74) is 2.29. The van der Waals surface area contributed by atoms with Crippen LogP contribution in [0.25, 0.3) is 0 Å². The van der Waals surface area contributed by atoms with E-state index in [4.69, 9.17) is 0 Å². The Morgan fingerprint density at radius 2 is 1.95 bits per heavy atom. The molecule has 2 rings (SSSR count). The van der Waals surface area contributed by atoms with E-state index < -0.39 is 0 Å². The zero-order valence-corrected chi connectivity index (χ0v) is 11.8. The highest BCUT2D eigenvalue weighted by Gasteiger charge is 2.14. The van der Waals surface area contributed by atoms with Crippen LogP contribution in [0.15, 0.2) is 24.8 Å². The van der Waals surface area contributed by atoms with E-state index in [-0.39, 0.29) is 6.04 Å². The Bertz CT molecular complexity index is 503. The van der Waals surface area contributed by atoms with Crippen molar-refractivity contribution in [2.75, 3.05) is 6.54 Å². The van der Waals surface area contributed by atoms with Crippen molar-refractivity contribution in [2.24, 2.45) is 0 Å². The van der Waals surface area contributed by atoms with Crippen LogP contribution in [0.5, 0.6) is 0 Å². The van der Waals surface area contributed by atoms with E-state index in [0.717, 1.165) is 30.9 Å². The molecule has 102 valence electrons. The Balaban J connectivity index is 2.13. The van der Waals surface area contributed by atoms with Crippen LogP contribution >= 0.6 is 0 Å². The molecule has 0 aliphatic rings. The maximum absolute atomic E-state index is 4.42. The van der Waals surface area contributed by atoms with Gasteiger partial charge in [-0.25, -0.2) is 9.97 Å². The van der Waals surface area contributed by atoms with Crippen molar-refractivity contribution >= 4 is 0 Å². The Morgan fingerprint density at radius 1 is 1.21 bits per heavy atom. The minimum Gasteiger partial charge on any atom is -0.307 e. The first-order chi connectivity index (χ1) is 9.22. The zero-order valence-electron chi connectivity index (χ0n) is 11.8. The lowest BCUT2D eigenvalue weighted by Gasteiger charge is -2.15. The van der Waals surface area contributed by atoms with Crippen molar-refractivity contribution in [3.63, 3.8) is 0 Å². The van der Waals surface area contributed by atoms with Crippen LogP contribution in [0.4, 0.5) is 0 Å². The second kappa shape index (κ2) is 6.43. The predicted molar refractivity (Wildman–Crippen MR) is 74.8 cm³/mol. The molecule has 1 atom stereocenters. The van der Waals surface area contributed by atoms with Crippen molar-refractivity contribution < 1.29 is 0 Å². The standard InChI is InChI=1S/C14H21N5/c1-4-15-13(14-16-7-11(3)8-17-14)6-12-9-18-19(5-2)10-12/h7-10,13,15H,4-6H2,1-3H3. The summed E-state index contributed by atoms with van der Waals surface area (Å²) in [7, 11) is 0. The molecule has 0 bridgehead atoms. The maximum Gasteiger partial charge on any atom is 0.145 e. The van der Waals surface area contributed by atoms with Gasteiger partial charge in [-0.15, -0.1) is 0 Å². The molecule has 0 spiro atoms. The minimum absolute atomic E-state index is 0.139. The van der Waals surface area contributed by atoms with Crippen LogP contribution in [0.3, 0.4) is 0 Å². The number of nitrogens with zero attached hydrogens (tertiary/aromatic N) is 4.